The summed E-state index contributed by atoms with van der Waals surface area (Å²) < 4.78 is 48.5. The molecule has 31 heavy (non-hydrogen) atoms. The van der Waals surface area contributed by atoms with Gasteiger partial charge in [0, 0.05) is 18.2 Å². The molecule has 1 unspecified atom stereocenters. The number of anilines is 1. The number of halogens is 4. The Morgan fingerprint density at radius 2 is 1.94 bits per heavy atom. The first-order valence-electron chi connectivity index (χ1n) is 8.34. The molecule has 0 bridgehead atoms. The van der Waals surface area contributed by atoms with E-state index in [9.17, 15) is 33.2 Å². The Bertz CT molecular complexity index is 945. The summed E-state index contributed by atoms with van der Waals surface area (Å²) in [6.45, 7) is 0.879. The van der Waals surface area contributed by atoms with E-state index in [-0.39, 0.29) is 64.1 Å². The fourth-order valence-corrected chi connectivity index (χ4v) is 2.59. The zero-order valence-corrected chi connectivity index (χ0v) is 19.1. The summed E-state index contributed by atoms with van der Waals surface area (Å²) in [5.41, 5.74) is -1.21. The molecule has 162 valence electrons. The number of ether oxygens (including phenoxy) is 2. The topological polar surface area (TPSA) is 114 Å². The number of benzene rings is 2. The van der Waals surface area contributed by atoms with Crippen molar-refractivity contribution in [2.24, 2.45) is 0 Å². The Balaban J connectivity index is 0.00000480. The summed E-state index contributed by atoms with van der Waals surface area (Å²) in [4.78, 5) is 21.0. The van der Waals surface area contributed by atoms with Gasteiger partial charge in [-0.05, 0) is 31.2 Å². The first kappa shape index (κ1) is 27.0. The number of carboxylic acid groups (broad SMARTS) is 1. The average Bonchev–Trinajstić information content (AvgIpc) is 2.62. The minimum Gasteiger partial charge on any atom is -0.548 e. The van der Waals surface area contributed by atoms with E-state index in [0.717, 1.165) is 18.2 Å². The first-order valence-corrected chi connectivity index (χ1v) is 8.72. The number of aliphatic carboxylic acids is 1. The van der Waals surface area contributed by atoms with Gasteiger partial charge in [0.05, 0.1) is 34.7 Å². The molecule has 0 aliphatic carbocycles. The number of alkyl halides is 3. The van der Waals surface area contributed by atoms with Gasteiger partial charge in [-0.15, -0.1) is 0 Å². The van der Waals surface area contributed by atoms with Crippen molar-refractivity contribution in [3.63, 3.8) is 0 Å². The van der Waals surface area contributed by atoms with Crippen molar-refractivity contribution in [1.29, 1.82) is 0 Å². The molecule has 0 saturated carbocycles. The second-order valence-corrected chi connectivity index (χ2v) is 6.52. The van der Waals surface area contributed by atoms with E-state index >= 15 is 0 Å². The summed E-state index contributed by atoms with van der Waals surface area (Å²) >= 11 is 5.86. The van der Waals surface area contributed by atoms with Crippen LogP contribution in [0.25, 0.3) is 0 Å². The molecule has 0 saturated heterocycles. The van der Waals surface area contributed by atoms with Crippen molar-refractivity contribution in [1.82, 2.24) is 0 Å². The molecule has 1 atom stereocenters. The third-order valence-electron chi connectivity index (χ3n) is 3.64. The summed E-state index contributed by atoms with van der Waals surface area (Å²) in [6, 6.07) is 5.69. The molecule has 0 aromatic heterocycles. The molecule has 0 aliphatic rings. The molecule has 1 N–H and O–H groups in total. The van der Waals surface area contributed by atoms with Gasteiger partial charge in [0.15, 0.2) is 0 Å². The zero-order chi connectivity index (χ0) is 22.5. The number of carboxylic acids is 1. The molecular formula is C18H15ClF3N2NaO6. The monoisotopic (exact) mass is 470 g/mol. The molecule has 2 aromatic carbocycles. The van der Waals surface area contributed by atoms with Gasteiger partial charge in [-0.3, -0.25) is 10.1 Å². The number of nitro benzene ring substituents is 1. The van der Waals surface area contributed by atoms with E-state index in [1.165, 1.54) is 12.1 Å². The summed E-state index contributed by atoms with van der Waals surface area (Å²) in [5, 5.41) is 24.1. The van der Waals surface area contributed by atoms with Gasteiger partial charge in [-0.2, -0.15) is 13.2 Å². The summed E-state index contributed by atoms with van der Waals surface area (Å²) in [5.74, 6) is -1.40. The Hall–Kier alpha value is -2.05. The molecule has 0 aliphatic heterocycles. The maximum atomic E-state index is 12.7. The van der Waals surface area contributed by atoms with Crippen LogP contribution < -0.4 is 44.7 Å². The molecule has 0 spiro atoms. The third-order valence-corrected chi connectivity index (χ3v) is 3.94. The number of carbonyl (C=O) groups excluding carboxylic acids is 1. The van der Waals surface area contributed by atoms with E-state index in [0.29, 0.717) is 6.07 Å². The maximum Gasteiger partial charge on any atom is 1.00 e. The Kier molecular flexibility index (Phi) is 10.0. The molecular weight excluding hydrogens is 456 g/mol. The average molecular weight is 471 g/mol. The van der Waals surface area contributed by atoms with Crippen molar-refractivity contribution in [3.8, 4) is 11.5 Å². The van der Waals surface area contributed by atoms with Crippen molar-refractivity contribution in [3.05, 3.63) is 57.1 Å². The van der Waals surface area contributed by atoms with E-state index < -0.39 is 35.3 Å². The van der Waals surface area contributed by atoms with E-state index in [1.54, 1.807) is 6.92 Å². The predicted molar refractivity (Wildman–Crippen MR) is 98.5 cm³/mol. The van der Waals surface area contributed by atoms with Crippen LogP contribution in [0.4, 0.5) is 24.5 Å². The van der Waals surface area contributed by atoms with Gasteiger partial charge in [0.25, 0.3) is 5.69 Å². The molecule has 0 amide bonds. The van der Waals surface area contributed by atoms with Crippen LogP contribution in [0, 0.1) is 10.1 Å². The quantitative estimate of drug-likeness (QED) is 0.325. The van der Waals surface area contributed by atoms with Crippen molar-refractivity contribution >= 4 is 28.9 Å². The van der Waals surface area contributed by atoms with Crippen LogP contribution in [-0.4, -0.2) is 30.1 Å². The fourth-order valence-electron chi connectivity index (χ4n) is 2.37. The largest absolute Gasteiger partial charge is 1.00 e. The number of carbonyl (C=O) groups is 1. The second-order valence-electron chi connectivity index (χ2n) is 6.11. The van der Waals surface area contributed by atoms with E-state index in [1.807, 2.05) is 0 Å². The number of nitro groups is 1. The number of nitrogens with zero attached hydrogens (tertiary/aromatic N) is 1. The second kappa shape index (κ2) is 11.5. The smallest absolute Gasteiger partial charge is 0.548 e. The van der Waals surface area contributed by atoms with Crippen LogP contribution in [0.3, 0.4) is 0 Å². The summed E-state index contributed by atoms with van der Waals surface area (Å²) in [6.07, 6.45) is -4.57. The van der Waals surface area contributed by atoms with Crippen molar-refractivity contribution in [2.45, 2.75) is 19.1 Å². The number of nitrogens with one attached hydrogen (secondary N) is 1. The fraction of sp³-hybridized carbons (Fsp3) is 0.278. The first-order chi connectivity index (χ1) is 14.0. The van der Waals surface area contributed by atoms with Crippen LogP contribution in [0.1, 0.15) is 12.5 Å². The minimum absolute atomic E-state index is 0. The third kappa shape index (κ3) is 8.19. The molecule has 8 nitrogen and oxygen atoms in total. The number of hydrogen-bond acceptors (Lipinski definition) is 7. The molecule has 0 heterocycles. The van der Waals surface area contributed by atoms with Gasteiger partial charge in [0.2, 0.25) is 0 Å². The van der Waals surface area contributed by atoms with Crippen LogP contribution in [-0.2, 0) is 15.7 Å². The number of hydrogen-bond donors (Lipinski definition) is 1. The Morgan fingerprint density at radius 3 is 2.48 bits per heavy atom. The van der Waals surface area contributed by atoms with E-state index in [2.05, 4.69) is 5.32 Å². The van der Waals surface area contributed by atoms with Gasteiger partial charge in [-0.25, -0.2) is 0 Å². The Labute approximate surface area is 201 Å². The maximum absolute atomic E-state index is 12.7. The molecule has 2 rings (SSSR count). The van der Waals surface area contributed by atoms with Crippen LogP contribution in [0.5, 0.6) is 11.5 Å². The van der Waals surface area contributed by atoms with Gasteiger partial charge in [-0.1, -0.05) is 11.6 Å². The molecule has 13 heteroatoms. The van der Waals surface area contributed by atoms with Gasteiger partial charge >= 0.3 is 35.7 Å². The number of rotatable bonds is 9. The molecule has 0 fully saturated rings. The predicted octanol–water partition coefficient (Wildman–Crippen LogP) is 0.630. The SMILES string of the molecule is CC(COCC(=O)[O-])Nc1cc(Oc2ccc(C(F)(F)F)cc2Cl)ccc1[N+](=O)[O-].[Na+]. The zero-order valence-electron chi connectivity index (χ0n) is 16.4. The van der Waals surface area contributed by atoms with Crippen molar-refractivity contribution < 1.29 is 67.0 Å². The molecule has 2 aromatic rings. The normalized spacial score (nSPS) is 11.9. The standard InChI is InChI=1S/C18H16ClF3N2O6.Na/c1-10(8-29-9-17(25)26)23-14-7-12(3-4-15(14)24(27)28)30-16-5-2-11(6-13(16)19)18(20,21)22;/h2-7,10,23H,8-9H2,1H3,(H,25,26);/q;+1/p-1. The van der Waals surface area contributed by atoms with Crippen LogP contribution in [0.15, 0.2) is 36.4 Å². The molecule has 0 radical (unpaired) electrons. The van der Waals surface area contributed by atoms with Gasteiger partial charge in [0.1, 0.15) is 17.2 Å². The minimum atomic E-state index is -4.57. The summed E-state index contributed by atoms with van der Waals surface area (Å²) in [7, 11) is 0. The van der Waals surface area contributed by atoms with Gasteiger partial charge < -0.3 is 24.7 Å². The van der Waals surface area contributed by atoms with Crippen LogP contribution in [0.2, 0.25) is 5.02 Å². The van der Waals surface area contributed by atoms with Crippen molar-refractivity contribution in [2.75, 3.05) is 18.5 Å². The van der Waals surface area contributed by atoms with Crippen LogP contribution >= 0.6 is 11.6 Å². The Morgan fingerprint density at radius 1 is 1.26 bits per heavy atom. The van der Waals surface area contributed by atoms with E-state index in [4.69, 9.17) is 21.1 Å².